The van der Waals surface area contributed by atoms with Crippen LogP contribution in [0.2, 0.25) is 0 Å². The van der Waals surface area contributed by atoms with E-state index >= 15 is 4.39 Å². The number of sulfone groups is 1. The van der Waals surface area contributed by atoms with E-state index in [-0.39, 0.29) is 65.9 Å². The molecule has 0 spiro atoms. The Labute approximate surface area is 239 Å². The fourth-order valence-corrected chi connectivity index (χ4v) is 5.96. The summed E-state index contributed by atoms with van der Waals surface area (Å²) < 4.78 is 57.0. The third-order valence-corrected chi connectivity index (χ3v) is 8.11. The summed E-state index contributed by atoms with van der Waals surface area (Å²) in [7, 11) is -3.96. The van der Waals surface area contributed by atoms with Gasteiger partial charge in [0, 0.05) is 44.2 Å². The van der Waals surface area contributed by atoms with Gasteiger partial charge in [-0.3, -0.25) is 4.79 Å². The van der Waals surface area contributed by atoms with Crippen molar-refractivity contribution in [2.24, 2.45) is 5.73 Å². The van der Waals surface area contributed by atoms with Gasteiger partial charge in [-0.05, 0) is 42.8 Å². The maximum absolute atomic E-state index is 15.7. The van der Waals surface area contributed by atoms with E-state index < -0.39 is 38.2 Å². The number of benzene rings is 1. The van der Waals surface area contributed by atoms with E-state index in [9.17, 15) is 22.4 Å². The Morgan fingerprint density at radius 2 is 1.90 bits per heavy atom. The van der Waals surface area contributed by atoms with Crippen LogP contribution in [0.15, 0.2) is 65.1 Å². The standard InChI is InChI=1S/C28H27F2N7O4S/c1-4-22(38)35-11-12-36(17(14-31)15-35)25-19-13-21(30)23(18-7-5-6-8-20(18)29)33-26(19)37(28(39)34-25)24-16(2)9-10-32-27(24)42(3,40)41/h4-10,13,17H,1,11-12,14-15,31H2,2-3H3/t17-/m0/s1. The number of carbonyl (C=O) groups excluding carboxylic acids is 1. The molecule has 1 aliphatic heterocycles. The Kier molecular flexibility index (Phi) is 7.60. The molecule has 4 aromatic rings. The molecular weight excluding hydrogens is 568 g/mol. The number of amides is 1. The highest BCUT2D eigenvalue weighted by Crippen LogP contribution is 2.33. The van der Waals surface area contributed by atoms with Crippen molar-refractivity contribution in [1.29, 1.82) is 0 Å². The fraction of sp³-hybridized carbons (Fsp3) is 0.250. The molecule has 0 unspecified atom stereocenters. The first-order valence-electron chi connectivity index (χ1n) is 12.9. The molecule has 0 radical (unpaired) electrons. The molecule has 4 heterocycles. The van der Waals surface area contributed by atoms with Gasteiger partial charge in [-0.15, -0.1) is 0 Å². The molecule has 1 atom stereocenters. The van der Waals surface area contributed by atoms with Crippen LogP contribution in [0.3, 0.4) is 0 Å². The second kappa shape index (κ2) is 11.0. The molecule has 0 bridgehead atoms. The van der Waals surface area contributed by atoms with Crippen molar-refractivity contribution in [3.8, 4) is 16.9 Å². The largest absolute Gasteiger partial charge is 0.355 e. The Bertz CT molecular complexity index is 1910. The number of carbonyl (C=O) groups is 1. The van der Waals surface area contributed by atoms with Gasteiger partial charge >= 0.3 is 5.69 Å². The summed E-state index contributed by atoms with van der Waals surface area (Å²) in [4.78, 5) is 42.0. The first-order valence-corrected chi connectivity index (χ1v) is 14.8. The number of hydrogen-bond acceptors (Lipinski definition) is 9. The fourth-order valence-electron chi connectivity index (χ4n) is 5.10. The molecule has 2 N–H and O–H groups in total. The van der Waals surface area contributed by atoms with E-state index in [1.807, 2.05) is 0 Å². The van der Waals surface area contributed by atoms with Gasteiger partial charge in [0.15, 0.2) is 20.5 Å². The molecule has 42 heavy (non-hydrogen) atoms. The predicted octanol–water partition coefficient (Wildman–Crippen LogP) is 1.99. The molecule has 1 aliphatic rings. The second-order valence-corrected chi connectivity index (χ2v) is 11.8. The normalized spacial score (nSPS) is 15.7. The highest BCUT2D eigenvalue weighted by Gasteiger charge is 2.32. The van der Waals surface area contributed by atoms with Crippen molar-refractivity contribution < 1.29 is 22.0 Å². The highest BCUT2D eigenvalue weighted by molar-refractivity contribution is 7.90. The minimum absolute atomic E-state index is 0.0429. The number of nitrogens with zero attached hydrogens (tertiary/aromatic N) is 6. The number of aromatic nitrogens is 4. The topological polar surface area (TPSA) is 144 Å². The number of fused-ring (bicyclic) bond motifs is 1. The number of aryl methyl sites for hydroxylation is 1. The lowest BCUT2D eigenvalue weighted by atomic mass is 10.1. The van der Waals surface area contributed by atoms with Crippen LogP contribution in [0.5, 0.6) is 0 Å². The minimum atomic E-state index is -3.96. The van der Waals surface area contributed by atoms with Crippen LogP contribution in [-0.4, -0.2) is 77.2 Å². The number of hydrogen-bond donors (Lipinski definition) is 1. The van der Waals surface area contributed by atoms with Gasteiger partial charge in [0.05, 0.1) is 17.1 Å². The zero-order valence-corrected chi connectivity index (χ0v) is 23.6. The van der Waals surface area contributed by atoms with E-state index in [2.05, 4.69) is 21.5 Å². The molecule has 11 nitrogen and oxygen atoms in total. The molecule has 1 fully saturated rings. The van der Waals surface area contributed by atoms with E-state index in [1.165, 1.54) is 36.5 Å². The Morgan fingerprint density at radius 1 is 1.17 bits per heavy atom. The van der Waals surface area contributed by atoms with Crippen LogP contribution >= 0.6 is 0 Å². The van der Waals surface area contributed by atoms with Crippen LogP contribution in [0.1, 0.15) is 5.56 Å². The molecule has 218 valence electrons. The summed E-state index contributed by atoms with van der Waals surface area (Å²) >= 11 is 0. The van der Waals surface area contributed by atoms with Crippen molar-refractivity contribution in [2.45, 2.75) is 18.0 Å². The van der Waals surface area contributed by atoms with Crippen LogP contribution in [0.25, 0.3) is 28.0 Å². The van der Waals surface area contributed by atoms with E-state index in [0.29, 0.717) is 5.56 Å². The summed E-state index contributed by atoms with van der Waals surface area (Å²) in [5, 5.41) is -0.354. The number of pyridine rings is 2. The summed E-state index contributed by atoms with van der Waals surface area (Å²) in [6, 6.07) is 7.54. The van der Waals surface area contributed by atoms with Gasteiger partial charge in [0.2, 0.25) is 5.91 Å². The monoisotopic (exact) mass is 595 g/mol. The van der Waals surface area contributed by atoms with Gasteiger partial charge < -0.3 is 15.5 Å². The lowest BCUT2D eigenvalue weighted by molar-refractivity contribution is -0.126. The molecule has 0 aliphatic carbocycles. The molecule has 5 rings (SSSR count). The zero-order valence-electron chi connectivity index (χ0n) is 22.8. The first-order chi connectivity index (χ1) is 20.0. The lowest BCUT2D eigenvalue weighted by Gasteiger charge is -2.41. The minimum Gasteiger partial charge on any atom is -0.348 e. The van der Waals surface area contributed by atoms with Crippen molar-refractivity contribution in [1.82, 2.24) is 24.4 Å². The van der Waals surface area contributed by atoms with Crippen molar-refractivity contribution in [2.75, 3.05) is 37.3 Å². The van der Waals surface area contributed by atoms with Crippen LogP contribution in [-0.2, 0) is 14.6 Å². The van der Waals surface area contributed by atoms with Crippen LogP contribution in [0.4, 0.5) is 14.6 Å². The van der Waals surface area contributed by atoms with E-state index in [1.54, 1.807) is 16.7 Å². The van der Waals surface area contributed by atoms with Crippen LogP contribution in [0, 0.1) is 18.6 Å². The third-order valence-electron chi connectivity index (χ3n) is 7.11. The number of piperazine rings is 1. The summed E-state index contributed by atoms with van der Waals surface area (Å²) in [5.41, 5.74) is 4.68. The molecule has 14 heteroatoms. The summed E-state index contributed by atoms with van der Waals surface area (Å²) in [5.74, 6) is -1.88. The molecule has 0 saturated carbocycles. The Hall–Kier alpha value is -4.56. The summed E-state index contributed by atoms with van der Waals surface area (Å²) in [6.07, 6.45) is 3.43. The highest BCUT2D eigenvalue weighted by atomic mass is 32.2. The number of halogens is 2. The Balaban J connectivity index is 1.85. The average Bonchev–Trinajstić information content (AvgIpc) is 2.96. The molecule has 1 saturated heterocycles. The van der Waals surface area contributed by atoms with Crippen LogP contribution < -0.4 is 16.3 Å². The Morgan fingerprint density at radius 3 is 2.57 bits per heavy atom. The zero-order chi connectivity index (χ0) is 30.3. The van der Waals surface area contributed by atoms with E-state index in [4.69, 9.17) is 5.73 Å². The third kappa shape index (κ3) is 5.03. The van der Waals surface area contributed by atoms with Gasteiger partial charge in [0.25, 0.3) is 0 Å². The molecule has 1 aromatic carbocycles. The van der Waals surface area contributed by atoms with E-state index in [0.717, 1.165) is 23.0 Å². The second-order valence-electron chi connectivity index (χ2n) is 9.85. The smallest absolute Gasteiger partial charge is 0.348 e. The van der Waals surface area contributed by atoms with Crippen molar-refractivity contribution >= 4 is 32.6 Å². The number of anilines is 1. The van der Waals surface area contributed by atoms with Crippen molar-refractivity contribution in [3.63, 3.8) is 0 Å². The van der Waals surface area contributed by atoms with Crippen molar-refractivity contribution in [3.05, 3.63) is 82.9 Å². The lowest BCUT2D eigenvalue weighted by Crippen LogP contribution is -2.57. The first kappa shape index (κ1) is 29.0. The summed E-state index contributed by atoms with van der Waals surface area (Å²) in [6.45, 7) is 5.80. The van der Waals surface area contributed by atoms with Gasteiger partial charge in [0.1, 0.15) is 23.1 Å². The number of rotatable bonds is 6. The molecule has 3 aromatic heterocycles. The number of nitrogens with two attached hydrogens (primary N) is 1. The maximum Gasteiger partial charge on any atom is 0.355 e. The SMILES string of the molecule is C=CC(=O)N1CCN(c2nc(=O)n(-c3c(C)ccnc3S(C)(=O)=O)c3nc(-c4ccccc4F)c(F)cc23)[C@@H](CN)C1. The maximum atomic E-state index is 15.7. The van der Waals surface area contributed by atoms with Gasteiger partial charge in [-0.1, -0.05) is 18.7 Å². The molecule has 1 amide bonds. The average molecular weight is 596 g/mol. The van der Waals surface area contributed by atoms with Gasteiger partial charge in [-0.25, -0.2) is 36.5 Å². The molecular formula is C28H27F2N7O4S. The quantitative estimate of drug-likeness (QED) is 0.331. The van der Waals surface area contributed by atoms with Gasteiger partial charge in [-0.2, -0.15) is 4.98 Å². The predicted molar refractivity (Wildman–Crippen MR) is 153 cm³/mol.